The minimum atomic E-state index is -4.62. The third-order valence-electron chi connectivity index (χ3n) is 3.70. The molecule has 0 radical (unpaired) electrons. The summed E-state index contributed by atoms with van der Waals surface area (Å²) < 4.78 is 51.2. The summed E-state index contributed by atoms with van der Waals surface area (Å²) >= 11 is 0. The van der Waals surface area contributed by atoms with Crippen LogP contribution in [0.5, 0.6) is 5.75 Å². The number of hydrogen-bond donors (Lipinski definition) is 2. The molecule has 13 heteroatoms. The Bertz CT molecular complexity index is 983. The second-order valence-electron chi connectivity index (χ2n) is 6.13. The van der Waals surface area contributed by atoms with Crippen LogP contribution in [0, 0.1) is 10.1 Å². The van der Waals surface area contributed by atoms with Crippen LogP contribution in [0.4, 0.5) is 35.0 Å². The minimum absolute atomic E-state index is 0.0230. The summed E-state index contributed by atoms with van der Waals surface area (Å²) in [6.07, 6.45) is -5.39. The highest BCUT2D eigenvalue weighted by Gasteiger charge is 2.29. The maximum Gasteiger partial charge on any atom is 0.422 e. The largest absolute Gasteiger partial charge is 0.484 e. The molecule has 0 saturated heterocycles. The molecule has 0 aromatic heterocycles. The fourth-order valence-electron chi connectivity index (χ4n) is 2.36. The molecule has 0 spiro atoms. The molecule has 0 heterocycles. The first kappa shape index (κ1) is 24.4. The van der Waals surface area contributed by atoms with Crippen LogP contribution in [-0.4, -0.2) is 50.0 Å². The van der Waals surface area contributed by atoms with Crippen molar-refractivity contribution in [1.82, 2.24) is 0 Å². The number of benzene rings is 2. The van der Waals surface area contributed by atoms with E-state index in [1.54, 1.807) is 0 Å². The molecule has 172 valence electrons. The van der Waals surface area contributed by atoms with Crippen molar-refractivity contribution in [2.75, 3.05) is 37.6 Å². The molecule has 2 N–H and O–H groups in total. The molecule has 32 heavy (non-hydrogen) atoms. The number of ether oxygens (including phenoxy) is 3. The molecule has 2 amide bonds. The van der Waals surface area contributed by atoms with Crippen molar-refractivity contribution in [3.05, 3.63) is 58.1 Å². The van der Waals surface area contributed by atoms with Crippen LogP contribution in [-0.2, 0) is 9.47 Å². The Kier molecular flexibility index (Phi) is 8.35. The molecule has 10 nitrogen and oxygen atoms in total. The maximum absolute atomic E-state index is 12.6. The van der Waals surface area contributed by atoms with E-state index in [1.165, 1.54) is 31.4 Å². The SMILES string of the molecule is COCCOC(=O)Nc1cccc(NC(=O)c2cc(OCC(F)(F)F)ccc2[N+](=O)[O-])c1. The van der Waals surface area contributed by atoms with Gasteiger partial charge in [0.2, 0.25) is 0 Å². The number of alkyl halides is 3. The molecular formula is C19H18F3N3O7. The van der Waals surface area contributed by atoms with Crippen LogP contribution in [0.15, 0.2) is 42.5 Å². The van der Waals surface area contributed by atoms with Gasteiger partial charge >= 0.3 is 12.3 Å². The lowest BCUT2D eigenvalue weighted by molar-refractivity contribution is -0.385. The topological polar surface area (TPSA) is 129 Å². The van der Waals surface area contributed by atoms with Crippen LogP contribution in [0.25, 0.3) is 0 Å². The summed E-state index contributed by atoms with van der Waals surface area (Å²) in [5.74, 6) is -1.33. The highest BCUT2D eigenvalue weighted by atomic mass is 19.4. The zero-order chi connectivity index (χ0) is 23.7. The zero-order valence-corrected chi connectivity index (χ0v) is 16.6. The van der Waals surface area contributed by atoms with E-state index in [0.29, 0.717) is 0 Å². The number of halogens is 3. The van der Waals surface area contributed by atoms with Crippen LogP contribution >= 0.6 is 0 Å². The average Bonchev–Trinajstić information content (AvgIpc) is 2.72. The molecule has 2 aromatic rings. The lowest BCUT2D eigenvalue weighted by Gasteiger charge is -2.12. The van der Waals surface area contributed by atoms with E-state index in [-0.39, 0.29) is 30.3 Å². The number of rotatable bonds is 9. The Balaban J connectivity index is 2.15. The third kappa shape index (κ3) is 7.75. The van der Waals surface area contributed by atoms with Gasteiger partial charge < -0.3 is 19.5 Å². The zero-order valence-electron chi connectivity index (χ0n) is 16.6. The quantitative estimate of drug-likeness (QED) is 0.331. The first-order valence-electron chi connectivity index (χ1n) is 8.91. The van der Waals surface area contributed by atoms with Crippen molar-refractivity contribution >= 4 is 29.1 Å². The number of amides is 2. The second kappa shape index (κ2) is 10.9. The van der Waals surface area contributed by atoms with Gasteiger partial charge in [0.05, 0.1) is 11.5 Å². The van der Waals surface area contributed by atoms with Crippen molar-refractivity contribution in [3.63, 3.8) is 0 Å². The normalized spacial score (nSPS) is 10.9. The van der Waals surface area contributed by atoms with E-state index >= 15 is 0 Å². The predicted molar refractivity (Wildman–Crippen MR) is 106 cm³/mol. The molecule has 0 bridgehead atoms. The first-order valence-corrected chi connectivity index (χ1v) is 8.91. The van der Waals surface area contributed by atoms with E-state index in [2.05, 4.69) is 15.4 Å². The fraction of sp³-hybridized carbons (Fsp3) is 0.263. The number of nitro benzene ring substituents is 1. The molecule has 0 fully saturated rings. The van der Waals surface area contributed by atoms with Gasteiger partial charge in [-0.2, -0.15) is 13.2 Å². The minimum Gasteiger partial charge on any atom is -0.484 e. The first-order chi connectivity index (χ1) is 15.1. The van der Waals surface area contributed by atoms with Gasteiger partial charge in [-0.25, -0.2) is 4.79 Å². The van der Waals surface area contributed by atoms with Crippen LogP contribution in [0.3, 0.4) is 0 Å². The van der Waals surface area contributed by atoms with Crippen LogP contribution < -0.4 is 15.4 Å². The van der Waals surface area contributed by atoms with Gasteiger partial charge in [0.25, 0.3) is 11.6 Å². The van der Waals surface area contributed by atoms with Crippen LogP contribution in [0.1, 0.15) is 10.4 Å². The van der Waals surface area contributed by atoms with Crippen molar-refractivity contribution in [1.29, 1.82) is 0 Å². The number of nitrogens with one attached hydrogen (secondary N) is 2. The maximum atomic E-state index is 12.6. The molecule has 0 aliphatic rings. The monoisotopic (exact) mass is 457 g/mol. The summed E-state index contributed by atoms with van der Waals surface area (Å²) in [7, 11) is 1.44. The number of nitro groups is 1. The number of carbonyl (C=O) groups excluding carboxylic acids is 2. The van der Waals surface area contributed by atoms with Crippen molar-refractivity contribution < 1.29 is 41.9 Å². The third-order valence-corrected chi connectivity index (χ3v) is 3.70. The lowest BCUT2D eigenvalue weighted by Crippen LogP contribution is -2.20. The standard InChI is InChI=1S/C19H18F3N3O7/c1-30-7-8-31-18(27)24-13-4-2-3-12(9-13)23-17(26)15-10-14(32-11-19(20,21)22)5-6-16(15)25(28)29/h2-6,9-10H,7-8,11H2,1H3,(H,23,26)(H,24,27). The van der Waals surface area contributed by atoms with Crippen molar-refractivity contribution in [2.24, 2.45) is 0 Å². The van der Waals surface area contributed by atoms with E-state index in [0.717, 1.165) is 18.2 Å². The summed E-state index contributed by atoms with van der Waals surface area (Å²) in [6, 6.07) is 8.45. The number of methoxy groups -OCH3 is 1. The molecule has 2 aromatic carbocycles. The van der Waals surface area contributed by atoms with E-state index in [9.17, 15) is 32.9 Å². The van der Waals surface area contributed by atoms with Gasteiger partial charge in [0, 0.05) is 24.6 Å². The Morgan fingerprint density at radius 3 is 2.38 bits per heavy atom. The second-order valence-corrected chi connectivity index (χ2v) is 6.13. The van der Waals surface area contributed by atoms with Gasteiger partial charge in [-0.15, -0.1) is 0 Å². The highest BCUT2D eigenvalue weighted by Crippen LogP contribution is 2.27. The van der Waals surface area contributed by atoms with Crippen LogP contribution in [0.2, 0.25) is 0 Å². The number of hydrogen-bond acceptors (Lipinski definition) is 7. The molecule has 0 saturated carbocycles. The van der Waals surface area contributed by atoms with Gasteiger partial charge in [0.15, 0.2) is 6.61 Å². The molecule has 0 atom stereocenters. The summed E-state index contributed by atoms with van der Waals surface area (Å²) in [5, 5.41) is 16.0. The molecule has 0 aliphatic carbocycles. The molecular weight excluding hydrogens is 439 g/mol. The number of anilines is 2. The number of carbonyl (C=O) groups is 2. The lowest BCUT2D eigenvalue weighted by atomic mass is 10.1. The summed E-state index contributed by atoms with van der Waals surface area (Å²) in [6.45, 7) is -1.40. The van der Waals surface area contributed by atoms with E-state index in [4.69, 9.17) is 9.47 Å². The van der Waals surface area contributed by atoms with Crippen molar-refractivity contribution in [3.8, 4) is 5.75 Å². The summed E-state index contributed by atoms with van der Waals surface area (Å²) in [5.41, 5.74) is -0.729. The molecule has 0 unspecified atom stereocenters. The van der Waals surface area contributed by atoms with Crippen molar-refractivity contribution in [2.45, 2.75) is 6.18 Å². The fourth-order valence-corrected chi connectivity index (χ4v) is 2.36. The average molecular weight is 457 g/mol. The Labute approximate surface area is 179 Å². The Hall–Kier alpha value is -3.87. The van der Waals surface area contributed by atoms with Gasteiger partial charge in [-0.1, -0.05) is 6.07 Å². The number of nitrogens with zero attached hydrogens (tertiary/aromatic N) is 1. The van der Waals surface area contributed by atoms with Gasteiger partial charge in [-0.3, -0.25) is 20.2 Å². The van der Waals surface area contributed by atoms with E-state index in [1.807, 2.05) is 0 Å². The Morgan fingerprint density at radius 2 is 1.75 bits per heavy atom. The van der Waals surface area contributed by atoms with Gasteiger partial charge in [0.1, 0.15) is 17.9 Å². The summed E-state index contributed by atoms with van der Waals surface area (Å²) in [4.78, 5) is 34.6. The van der Waals surface area contributed by atoms with E-state index < -0.39 is 41.0 Å². The van der Waals surface area contributed by atoms with Gasteiger partial charge in [-0.05, 0) is 30.3 Å². The molecule has 2 rings (SSSR count). The molecule has 0 aliphatic heterocycles. The highest BCUT2D eigenvalue weighted by molar-refractivity contribution is 6.07. The predicted octanol–water partition coefficient (Wildman–Crippen LogP) is 3.98. The Morgan fingerprint density at radius 1 is 1.06 bits per heavy atom. The smallest absolute Gasteiger partial charge is 0.422 e.